The molecule has 1 saturated carbocycles. The fraction of sp³-hybridized carbons (Fsp3) is 0.882. The number of nitrogens with zero attached hydrogens (tertiary/aromatic N) is 1. The predicted molar refractivity (Wildman–Crippen MR) is 87.2 cm³/mol. The van der Waals surface area contributed by atoms with E-state index in [0.717, 1.165) is 45.1 Å². The van der Waals surface area contributed by atoms with Gasteiger partial charge in [-0.25, -0.2) is 0 Å². The second-order valence-corrected chi connectivity index (χ2v) is 7.41. The number of carbonyl (C=O) groups is 2. The second-order valence-electron chi connectivity index (χ2n) is 7.41. The first-order valence-electron chi connectivity index (χ1n) is 8.72. The molecular formula is C17H31N3O2. The molecule has 2 rings (SSSR count). The highest BCUT2D eigenvalue weighted by atomic mass is 16.2. The summed E-state index contributed by atoms with van der Waals surface area (Å²) in [6.45, 7) is 6.63. The molecule has 4 unspecified atom stereocenters. The first kappa shape index (κ1) is 17.3. The third-order valence-electron chi connectivity index (χ3n) is 5.39. The van der Waals surface area contributed by atoms with E-state index < -0.39 is 11.6 Å². The smallest absolute Gasteiger partial charge is 0.245 e. The van der Waals surface area contributed by atoms with Gasteiger partial charge in [-0.1, -0.05) is 12.8 Å². The molecule has 2 aliphatic rings. The molecule has 5 heteroatoms. The lowest BCUT2D eigenvalue weighted by molar-refractivity contribution is -0.140. The lowest BCUT2D eigenvalue weighted by Gasteiger charge is -2.39. The molecule has 126 valence electrons. The van der Waals surface area contributed by atoms with Crippen molar-refractivity contribution in [1.82, 2.24) is 10.2 Å². The zero-order valence-corrected chi connectivity index (χ0v) is 14.2. The lowest BCUT2D eigenvalue weighted by atomic mass is 9.74. The number of hydrogen-bond acceptors (Lipinski definition) is 3. The molecule has 0 radical (unpaired) electrons. The molecule has 1 saturated heterocycles. The normalized spacial score (nSPS) is 34.1. The molecule has 1 aliphatic carbocycles. The number of amides is 2. The van der Waals surface area contributed by atoms with E-state index in [-0.39, 0.29) is 23.8 Å². The number of likely N-dealkylation sites (tertiary alicyclic amines) is 1. The van der Waals surface area contributed by atoms with Gasteiger partial charge in [0, 0.05) is 18.1 Å². The average Bonchev–Trinajstić information content (AvgIpc) is 2.46. The molecule has 0 spiro atoms. The van der Waals surface area contributed by atoms with Gasteiger partial charge in [0.1, 0.15) is 6.04 Å². The molecule has 1 aliphatic heterocycles. The fourth-order valence-electron chi connectivity index (χ4n) is 3.84. The van der Waals surface area contributed by atoms with E-state index >= 15 is 0 Å². The van der Waals surface area contributed by atoms with Crippen LogP contribution in [0.15, 0.2) is 0 Å². The maximum atomic E-state index is 12.6. The van der Waals surface area contributed by atoms with Crippen LogP contribution in [0.25, 0.3) is 0 Å². The third-order valence-corrected chi connectivity index (χ3v) is 5.39. The van der Waals surface area contributed by atoms with Gasteiger partial charge in [-0.05, 0) is 52.9 Å². The number of hydrogen-bond donors (Lipinski definition) is 2. The van der Waals surface area contributed by atoms with Gasteiger partial charge in [0.2, 0.25) is 11.8 Å². The maximum Gasteiger partial charge on any atom is 0.245 e. The Hall–Kier alpha value is -1.10. The number of carbonyl (C=O) groups excluding carboxylic acids is 2. The van der Waals surface area contributed by atoms with Crippen LogP contribution in [0, 0.1) is 5.92 Å². The minimum atomic E-state index is -0.467. The SMILES string of the molecule is CC(NC(=O)C1CCCCC1(C)N)C(=O)N1CCCCC1C. The minimum Gasteiger partial charge on any atom is -0.344 e. The van der Waals surface area contributed by atoms with E-state index in [1.165, 1.54) is 6.42 Å². The van der Waals surface area contributed by atoms with Gasteiger partial charge in [-0.3, -0.25) is 9.59 Å². The highest BCUT2D eigenvalue weighted by Crippen LogP contribution is 2.31. The fourth-order valence-corrected chi connectivity index (χ4v) is 3.84. The van der Waals surface area contributed by atoms with Crippen LogP contribution < -0.4 is 11.1 Å². The Kier molecular flexibility index (Phi) is 5.48. The van der Waals surface area contributed by atoms with Gasteiger partial charge < -0.3 is 16.0 Å². The Bertz CT molecular complexity index is 422. The van der Waals surface area contributed by atoms with Crippen molar-refractivity contribution in [3.05, 3.63) is 0 Å². The van der Waals surface area contributed by atoms with Gasteiger partial charge in [0.05, 0.1) is 5.92 Å². The van der Waals surface area contributed by atoms with Crippen LogP contribution >= 0.6 is 0 Å². The maximum absolute atomic E-state index is 12.6. The first-order chi connectivity index (χ1) is 10.3. The number of nitrogens with one attached hydrogen (secondary N) is 1. The Morgan fingerprint density at radius 3 is 2.55 bits per heavy atom. The molecule has 0 bridgehead atoms. The van der Waals surface area contributed by atoms with Crippen LogP contribution in [-0.2, 0) is 9.59 Å². The number of nitrogens with two attached hydrogens (primary N) is 1. The number of piperidine rings is 1. The minimum absolute atomic E-state index is 0.0371. The summed E-state index contributed by atoms with van der Waals surface area (Å²) in [5, 5.41) is 2.91. The second kappa shape index (κ2) is 6.99. The molecule has 4 atom stereocenters. The van der Waals surface area contributed by atoms with Gasteiger partial charge in [0.25, 0.3) is 0 Å². The summed E-state index contributed by atoms with van der Waals surface area (Å²) in [6, 6.07) is -0.194. The lowest BCUT2D eigenvalue weighted by Crippen LogP contribution is -2.57. The van der Waals surface area contributed by atoms with E-state index in [1.54, 1.807) is 6.92 Å². The molecule has 5 nitrogen and oxygen atoms in total. The molecule has 0 aromatic carbocycles. The van der Waals surface area contributed by atoms with Crippen LogP contribution in [-0.4, -0.2) is 40.9 Å². The summed E-state index contributed by atoms with van der Waals surface area (Å²) >= 11 is 0. The van der Waals surface area contributed by atoms with Gasteiger partial charge in [-0.15, -0.1) is 0 Å². The zero-order chi connectivity index (χ0) is 16.3. The quantitative estimate of drug-likeness (QED) is 0.834. The van der Waals surface area contributed by atoms with Crippen molar-refractivity contribution in [1.29, 1.82) is 0 Å². The third kappa shape index (κ3) is 3.80. The van der Waals surface area contributed by atoms with Crippen molar-refractivity contribution in [2.24, 2.45) is 11.7 Å². The van der Waals surface area contributed by atoms with Crippen molar-refractivity contribution in [2.75, 3.05) is 6.54 Å². The van der Waals surface area contributed by atoms with Crippen LogP contribution in [0.1, 0.15) is 65.7 Å². The van der Waals surface area contributed by atoms with Crippen molar-refractivity contribution in [3.8, 4) is 0 Å². The molecule has 1 heterocycles. The summed E-state index contributed by atoms with van der Waals surface area (Å²) in [5.41, 5.74) is 5.83. The van der Waals surface area contributed by atoms with E-state index in [0.29, 0.717) is 0 Å². The van der Waals surface area contributed by atoms with Gasteiger partial charge >= 0.3 is 0 Å². The standard InChI is InChI=1S/C17H31N3O2/c1-12-8-5-7-11-20(12)16(22)13(2)19-15(21)14-9-4-6-10-17(14,3)18/h12-14H,4-11,18H2,1-3H3,(H,19,21). The summed E-state index contributed by atoms with van der Waals surface area (Å²) in [7, 11) is 0. The number of rotatable bonds is 3. The summed E-state index contributed by atoms with van der Waals surface area (Å²) < 4.78 is 0. The summed E-state index contributed by atoms with van der Waals surface area (Å²) in [6.07, 6.45) is 7.10. The summed E-state index contributed by atoms with van der Waals surface area (Å²) in [5.74, 6) is -0.208. The van der Waals surface area contributed by atoms with Crippen molar-refractivity contribution < 1.29 is 9.59 Å². The Morgan fingerprint density at radius 2 is 1.91 bits per heavy atom. The predicted octanol–water partition coefficient (Wildman–Crippen LogP) is 1.80. The molecule has 0 aromatic rings. The van der Waals surface area contributed by atoms with Crippen LogP contribution in [0.3, 0.4) is 0 Å². The molecule has 0 aromatic heterocycles. The highest BCUT2D eigenvalue weighted by molar-refractivity contribution is 5.89. The largest absolute Gasteiger partial charge is 0.344 e. The zero-order valence-electron chi connectivity index (χ0n) is 14.2. The molecule has 2 fully saturated rings. The highest BCUT2D eigenvalue weighted by Gasteiger charge is 2.39. The average molecular weight is 309 g/mol. The van der Waals surface area contributed by atoms with E-state index in [4.69, 9.17) is 5.73 Å². The first-order valence-corrected chi connectivity index (χ1v) is 8.72. The molecule has 3 N–H and O–H groups in total. The van der Waals surface area contributed by atoms with Crippen molar-refractivity contribution in [3.63, 3.8) is 0 Å². The van der Waals surface area contributed by atoms with Gasteiger partial charge in [-0.2, -0.15) is 0 Å². The Labute approximate surface area is 134 Å². The molecule has 2 amide bonds. The van der Waals surface area contributed by atoms with Crippen LogP contribution in [0.5, 0.6) is 0 Å². The molecular weight excluding hydrogens is 278 g/mol. The Balaban J connectivity index is 1.94. The van der Waals surface area contributed by atoms with E-state index in [2.05, 4.69) is 12.2 Å². The Morgan fingerprint density at radius 1 is 1.23 bits per heavy atom. The molecule has 22 heavy (non-hydrogen) atoms. The van der Waals surface area contributed by atoms with Crippen LogP contribution in [0.2, 0.25) is 0 Å². The van der Waals surface area contributed by atoms with Crippen molar-refractivity contribution >= 4 is 11.8 Å². The van der Waals surface area contributed by atoms with E-state index in [9.17, 15) is 9.59 Å². The topological polar surface area (TPSA) is 75.4 Å². The van der Waals surface area contributed by atoms with E-state index in [1.807, 2.05) is 11.8 Å². The summed E-state index contributed by atoms with van der Waals surface area (Å²) in [4.78, 5) is 27.0. The van der Waals surface area contributed by atoms with Gasteiger partial charge in [0.15, 0.2) is 0 Å². The van der Waals surface area contributed by atoms with Crippen molar-refractivity contribution in [2.45, 2.75) is 83.3 Å². The van der Waals surface area contributed by atoms with Crippen LogP contribution in [0.4, 0.5) is 0 Å². The monoisotopic (exact) mass is 309 g/mol.